The third-order valence-electron chi connectivity index (χ3n) is 6.92. The lowest BCUT2D eigenvalue weighted by atomic mass is 10.1. The third-order valence-corrected chi connectivity index (χ3v) is 6.92. The van der Waals surface area contributed by atoms with Crippen LogP contribution in [0.15, 0.2) is 73.3 Å². The summed E-state index contributed by atoms with van der Waals surface area (Å²) in [6, 6.07) is 12.4. The molecule has 5 rings (SSSR count). The summed E-state index contributed by atoms with van der Waals surface area (Å²) >= 11 is 0. The fraction of sp³-hybridized carbons (Fsp3) is 0.226. The second kappa shape index (κ2) is 13.3. The molecule has 1 aliphatic heterocycles. The minimum Gasteiger partial charge on any atom is -0.492 e. The zero-order valence-electron chi connectivity index (χ0n) is 23.3. The molecule has 0 unspecified atom stereocenters. The van der Waals surface area contributed by atoms with Gasteiger partial charge in [-0.3, -0.25) is 19.9 Å². The van der Waals surface area contributed by atoms with E-state index >= 15 is 0 Å². The number of hydrogen-bond acceptors (Lipinski definition) is 7. The Labute approximate surface area is 246 Å². The molecule has 12 heteroatoms. The van der Waals surface area contributed by atoms with Gasteiger partial charge in [-0.1, -0.05) is 12.1 Å². The van der Waals surface area contributed by atoms with Gasteiger partial charge in [0.1, 0.15) is 47.4 Å². The van der Waals surface area contributed by atoms with Crippen LogP contribution in [0.4, 0.5) is 30.2 Å². The van der Waals surface area contributed by atoms with Gasteiger partial charge in [0.2, 0.25) is 0 Å². The van der Waals surface area contributed by atoms with E-state index in [1.165, 1.54) is 48.7 Å². The minimum atomic E-state index is -1.35. The number of likely N-dealkylation sites (tertiary alicyclic amines) is 1. The second-order valence-corrected chi connectivity index (χ2v) is 10.0. The molecule has 2 N–H and O–H groups in total. The van der Waals surface area contributed by atoms with Crippen LogP contribution in [0.2, 0.25) is 0 Å². The maximum atomic E-state index is 14.2. The lowest BCUT2D eigenvalue weighted by molar-refractivity contribution is 0.0988. The van der Waals surface area contributed by atoms with E-state index in [0.717, 1.165) is 19.6 Å². The zero-order chi connectivity index (χ0) is 30.3. The number of halogens is 3. The van der Waals surface area contributed by atoms with Gasteiger partial charge in [0.25, 0.3) is 11.8 Å². The van der Waals surface area contributed by atoms with E-state index in [1.54, 1.807) is 31.2 Å². The van der Waals surface area contributed by atoms with Gasteiger partial charge in [0.05, 0.1) is 18.1 Å². The van der Waals surface area contributed by atoms with E-state index < -0.39 is 34.8 Å². The van der Waals surface area contributed by atoms with Gasteiger partial charge >= 0.3 is 0 Å². The first kappa shape index (κ1) is 29.5. The van der Waals surface area contributed by atoms with Crippen LogP contribution in [-0.4, -0.2) is 52.9 Å². The number of aryl methyl sites for hydroxylation is 1. The van der Waals surface area contributed by atoms with Crippen molar-refractivity contribution in [2.24, 2.45) is 0 Å². The van der Waals surface area contributed by atoms with Crippen molar-refractivity contribution in [3.63, 3.8) is 0 Å². The van der Waals surface area contributed by atoms with E-state index in [-0.39, 0.29) is 11.3 Å². The molecular weight excluding hydrogens is 561 g/mol. The van der Waals surface area contributed by atoms with Crippen molar-refractivity contribution in [1.82, 2.24) is 14.9 Å². The number of anilines is 3. The number of aromatic nitrogens is 2. The van der Waals surface area contributed by atoms with Crippen molar-refractivity contribution in [3.05, 3.63) is 107 Å². The Morgan fingerprint density at radius 2 is 1.67 bits per heavy atom. The van der Waals surface area contributed by atoms with Crippen molar-refractivity contribution in [2.45, 2.75) is 19.8 Å². The first-order valence-corrected chi connectivity index (χ1v) is 13.7. The number of hydrogen-bond donors (Lipinski definition) is 2. The van der Waals surface area contributed by atoms with Crippen molar-refractivity contribution in [3.8, 4) is 5.75 Å². The summed E-state index contributed by atoms with van der Waals surface area (Å²) in [6.07, 6.45) is 6.64. The Morgan fingerprint density at radius 1 is 0.953 bits per heavy atom. The quantitative estimate of drug-likeness (QED) is 0.232. The maximum Gasteiger partial charge on any atom is 0.277 e. The third kappa shape index (κ3) is 7.28. The summed E-state index contributed by atoms with van der Waals surface area (Å²) in [5.41, 5.74) is 3.86. The molecule has 3 aromatic carbocycles. The van der Waals surface area contributed by atoms with Crippen LogP contribution >= 0.6 is 0 Å². The highest BCUT2D eigenvalue weighted by atomic mass is 19.1. The molecule has 0 bridgehead atoms. The molecule has 2 amide bonds. The van der Waals surface area contributed by atoms with Crippen molar-refractivity contribution in [1.29, 1.82) is 0 Å². The molecule has 0 aliphatic carbocycles. The number of carbonyl (C=O) groups is 2. The van der Waals surface area contributed by atoms with Crippen LogP contribution < -0.4 is 20.5 Å². The highest BCUT2D eigenvalue weighted by Crippen LogP contribution is 2.25. The predicted molar refractivity (Wildman–Crippen MR) is 156 cm³/mol. The lowest BCUT2D eigenvalue weighted by Crippen LogP contribution is -2.37. The zero-order valence-corrected chi connectivity index (χ0v) is 23.3. The van der Waals surface area contributed by atoms with Crippen LogP contribution in [-0.2, 0) is 0 Å². The first-order chi connectivity index (χ1) is 20.8. The normalized spacial score (nSPS) is 13.0. The van der Waals surface area contributed by atoms with Crippen LogP contribution in [0, 0.1) is 24.4 Å². The van der Waals surface area contributed by atoms with Crippen molar-refractivity contribution < 1.29 is 27.5 Å². The van der Waals surface area contributed by atoms with Crippen LogP contribution in [0.25, 0.3) is 0 Å². The lowest BCUT2D eigenvalue weighted by Gasteiger charge is -2.25. The Bertz CT molecular complexity index is 1590. The monoisotopic (exact) mass is 590 g/mol. The molecule has 2 heterocycles. The smallest absolute Gasteiger partial charge is 0.277 e. The Morgan fingerprint density at radius 3 is 2.40 bits per heavy atom. The Kier molecular flexibility index (Phi) is 9.16. The molecule has 1 saturated heterocycles. The van der Waals surface area contributed by atoms with E-state index in [1.807, 2.05) is 6.07 Å². The first-order valence-electron chi connectivity index (χ1n) is 13.7. The van der Waals surface area contributed by atoms with Crippen LogP contribution in [0.3, 0.4) is 0 Å². The molecule has 222 valence electrons. The number of hydrazine groups is 1. The Hall–Kier alpha value is -4.97. The number of amides is 2. The number of nitrogens with zero attached hydrogens (tertiary/aromatic N) is 4. The summed E-state index contributed by atoms with van der Waals surface area (Å²) in [6.45, 7) is 5.21. The van der Waals surface area contributed by atoms with Gasteiger partial charge in [0, 0.05) is 36.0 Å². The number of carbonyl (C=O) groups excluding carboxylic acids is 2. The Balaban J connectivity index is 1.36. The number of ether oxygens (including phenoxy) is 1. The summed E-state index contributed by atoms with van der Waals surface area (Å²) in [5.74, 6) is -4.87. The summed E-state index contributed by atoms with van der Waals surface area (Å²) < 4.78 is 47.6. The molecule has 0 radical (unpaired) electrons. The number of nitrogens with one attached hydrogen (secondary N) is 2. The maximum absolute atomic E-state index is 14.2. The van der Waals surface area contributed by atoms with Gasteiger partial charge in [-0.2, -0.15) is 0 Å². The summed E-state index contributed by atoms with van der Waals surface area (Å²) in [4.78, 5) is 37.0. The highest BCUT2D eigenvalue weighted by Gasteiger charge is 2.23. The number of benzene rings is 3. The largest absolute Gasteiger partial charge is 0.492 e. The minimum absolute atomic E-state index is 0.0970. The van der Waals surface area contributed by atoms with Crippen molar-refractivity contribution in [2.75, 3.05) is 42.0 Å². The van der Waals surface area contributed by atoms with E-state index in [4.69, 9.17) is 4.74 Å². The highest BCUT2D eigenvalue weighted by molar-refractivity contribution is 6.10. The number of rotatable bonds is 10. The van der Waals surface area contributed by atoms with Gasteiger partial charge in [-0.05, 0) is 62.7 Å². The average molecular weight is 591 g/mol. The standard InChI is InChI=1S/C31H29F3N6O3/c1-20-7-8-22(37-30(41)29-27(33)13-21(32)14-28(29)34)16-26(20)31(42)40(24-17-35-19-36-18-24)38-23-5-4-6-25(15-23)43-12-11-39-9-2-3-10-39/h4-8,13-19,38H,2-3,9-12H2,1H3,(H,37,41). The average Bonchev–Trinajstić information content (AvgIpc) is 3.50. The molecule has 0 atom stereocenters. The van der Waals surface area contributed by atoms with E-state index in [0.29, 0.717) is 41.4 Å². The molecule has 9 nitrogen and oxygen atoms in total. The topological polar surface area (TPSA) is 99.7 Å². The van der Waals surface area contributed by atoms with Crippen LogP contribution in [0.5, 0.6) is 5.75 Å². The molecule has 1 fully saturated rings. The second-order valence-electron chi connectivity index (χ2n) is 10.0. The molecule has 43 heavy (non-hydrogen) atoms. The molecule has 1 aromatic heterocycles. The summed E-state index contributed by atoms with van der Waals surface area (Å²) in [7, 11) is 0. The molecule has 0 spiro atoms. The van der Waals surface area contributed by atoms with Gasteiger partial charge < -0.3 is 10.1 Å². The summed E-state index contributed by atoms with van der Waals surface area (Å²) in [5, 5.41) is 3.63. The van der Waals surface area contributed by atoms with Crippen LogP contribution in [0.1, 0.15) is 39.1 Å². The van der Waals surface area contributed by atoms with Crippen molar-refractivity contribution >= 4 is 28.9 Å². The predicted octanol–water partition coefficient (Wildman–Crippen LogP) is 5.60. The van der Waals surface area contributed by atoms with Gasteiger partial charge in [-0.25, -0.2) is 28.1 Å². The fourth-order valence-corrected chi connectivity index (χ4v) is 4.73. The fourth-order valence-electron chi connectivity index (χ4n) is 4.73. The molecule has 1 aliphatic rings. The molecular formula is C31H29F3N6O3. The van der Waals surface area contributed by atoms with E-state index in [9.17, 15) is 22.8 Å². The SMILES string of the molecule is Cc1ccc(NC(=O)c2c(F)cc(F)cc2F)cc1C(=O)N(Nc1cccc(OCCN2CCCC2)c1)c1cncnc1. The van der Waals surface area contributed by atoms with E-state index in [2.05, 4.69) is 25.6 Å². The van der Waals surface area contributed by atoms with Gasteiger partial charge in [-0.15, -0.1) is 0 Å². The van der Waals surface area contributed by atoms with Gasteiger partial charge in [0.15, 0.2) is 0 Å². The molecule has 0 saturated carbocycles. The molecule has 4 aromatic rings.